The first-order chi connectivity index (χ1) is 12.8. The molecule has 1 aliphatic rings. The van der Waals surface area contributed by atoms with Crippen LogP contribution in [0.25, 0.3) is 0 Å². The van der Waals surface area contributed by atoms with Crippen LogP contribution >= 0.6 is 0 Å². The number of hydrogen-bond donors (Lipinski definition) is 2. The molecule has 0 spiro atoms. The summed E-state index contributed by atoms with van der Waals surface area (Å²) in [5, 5.41) is 2.83. The van der Waals surface area contributed by atoms with E-state index in [-0.39, 0.29) is 39.7 Å². The number of sulfonamides is 1. The highest BCUT2D eigenvalue weighted by Gasteiger charge is 2.25. The van der Waals surface area contributed by atoms with E-state index in [4.69, 9.17) is 9.47 Å². The Morgan fingerprint density at radius 3 is 2.85 bits per heavy atom. The normalized spacial score (nSPS) is 16.6. The van der Waals surface area contributed by atoms with E-state index in [1.54, 1.807) is 19.1 Å². The monoisotopic (exact) mass is 391 g/mol. The SMILES string of the molecule is CC[C@H]1COc2ncc(NS(=O)(=O)c3cc(C)ccc3OC)cc2C(=O)N1. The number of benzene rings is 1. The number of aryl methyl sites for hydroxylation is 1. The molecule has 0 aliphatic carbocycles. The number of carbonyl (C=O) groups is 1. The molecule has 27 heavy (non-hydrogen) atoms. The fourth-order valence-electron chi connectivity index (χ4n) is 2.69. The summed E-state index contributed by atoms with van der Waals surface area (Å²) in [6, 6.07) is 6.15. The number of methoxy groups -OCH3 is 1. The van der Waals surface area contributed by atoms with Gasteiger partial charge in [-0.2, -0.15) is 0 Å². The van der Waals surface area contributed by atoms with Crippen molar-refractivity contribution in [1.29, 1.82) is 0 Å². The van der Waals surface area contributed by atoms with Crippen molar-refractivity contribution < 1.29 is 22.7 Å². The number of pyridine rings is 1. The van der Waals surface area contributed by atoms with Gasteiger partial charge in [0, 0.05) is 0 Å². The maximum Gasteiger partial charge on any atom is 0.265 e. The van der Waals surface area contributed by atoms with Gasteiger partial charge >= 0.3 is 0 Å². The molecule has 3 rings (SSSR count). The zero-order valence-corrected chi connectivity index (χ0v) is 16.1. The van der Waals surface area contributed by atoms with Crippen molar-refractivity contribution >= 4 is 21.6 Å². The van der Waals surface area contributed by atoms with Crippen LogP contribution in [0.5, 0.6) is 11.6 Å². The predicted octanol–water partition coefficient (Wildman–Crippen LogP) is 2.10. The maximum atomic E-state index is 12.8. The summed E-state index contributed by atoms with van der Waals surface area (Å²) < 4.78 is 38.8. The third-order valence-electron chi connectivity index (χ3n) is 4.21. The molecule has 1 atom stereocenters. The number of anilines is 1. The first-order valence-corrected chi connectivity index (χ1v) is 9.93. The van der Waals surface area contributed by atoms with E-state index in [1.807, 2.05) is 6.92 Å². The van der Waals surface area contributed by atoms with E-state index in [9.17, 15) is 13.2 Å². The summed E-state index contributed by atoms with van der Waals surface area (Å²) in [6.45, 7) is 4.04. The number of carbonyl (C=O) groups excluding carboxylic acids is 1. The van der Waals surface area contributed by atoms with Crippen LogP contribution in [0.2, 0.25) is 0 Å². The van der Waals surface area contributed by atoms with Gasteiger partial charge in [0.25, 0.3) is 15.9 Å². The van der Waals surface area contributed by atoms with Crippen molar-refractivity contribution in [2.24, 2.45) is 0 Å². The Balaban J connectivity index is 1.93. The van der Waals surface area contributed by atoms with Gasteiger partial charge in [-0.1, -0.05) is 13.0 Å². The van der Waals surface area contributed by atoms with E-state index < -0.39 is 10.0 Å². The van der Waals surface area contributed by atoms with E-state index in [1.165, 1.54) is 25.4 Å². The highest BCUT2D eigenvalue weighted by Crippen LogP contribution is 2.28. The Bertz CT molecular complexity index is 975. The highest BCUT2D eigenvalue weighted by atomic mass is 32.2. The molecule has 0 radical (unpaired) electrons. The van der Waals surface area contributed by atoms with Crippen LogP contribution in [0.4, 0.5) is 5.69 Å². The molecule has 0 bridgehead atoms. The van der Waals surface area contributed by atoms with Gasteiger partial charge in [-0.15, -0.1) is 0 Å². The van der Waals surface area contributed by atoms with Crippen LogP contribution in [0.3, 0.4) is 0 Å². The van der Waals surface area contributed by atoms with Crippen LogP contribution in [0, 0.1) is 6.92 Å². The second-order valence-electron chi connectivity index (χ2n) is 6.23. The standard InChI is InChI=1S/C18H21N3O5S/c1-4-12-10-26-18-14(17(22)20-12)8-13(9-19-18)21-27(23,24)16-7-11(2)5-6-15(16)25-3/h5-9,12,21H,4,10H2,1-3H3,(H,20,22)/t12-/m0/s1. The number of hydrogen-bond acceptors (Lipinski definition) is 6. The van der Waals surface area contributed by atoms with Gasteiger partial charge in [0.1, 0.15) is 22.8 Å². The third-order valence-corrected chi connectivity index (χ3v) is 5.61. The number of aromatic nitrogens is 1. The number of rotatable bonds is 5. The number of amides is 1. The number of nitrogens with one attached hydrogen (secondary N) is 2. The Morgan fingerprint density at radius 2 is 2.15 bits per heavy atom. The number of ether oxygens (including phenoxy) is 2. The summed E-state index contributed by atoms with van der Waals surface area (Å²) in [7, 11) is -2.53. The van der Waals surface area contributed by atoms with Crippen molar-refractivity contribution in [2.45, 2.75) is 31.2 Å². The lowest BCUT2D eigenvalue weighted by molar-refractivity contribution is 0.0937. The van der Waals surface area contributed by atoms with Crippen molar-refractivity contribution in [1.82, 2.24) is 10.3 Å². The molecule has 9 heteroatoms. The Hall–Kier alpha value is -2.81. The lowest BCUT2D eigenvalue weighted by Gasteiger charge is -2.13. The Kier molecular flexibility index (Phi) is 5.22. The molecule has 144 valence electrons. The van der Waals surface area contributed by atoms with Crippen molar-refractivity contribution in [2.75, 3.05) is 18.4 Å². The zero-order valence-electron chi connectivity index (χ0n) is 15.3. The van der Waals surface area contributed by atoms with Crippen LogP contribution < -0.4 is 19.5 Å². The number of fused-ring (bicyclic) bond motifs is 1. The van der Waals surface area contributed by atoms with E-state index >= 15 is 0 Å². The Labute approximate surface area is 158 Å². The lowest BCUT2D eigenvalue weighted by Crippen LogP contribution is -2.36. The largest absolute Gasteiger partial charge is 0.495 e. The summed E-state index contributed by atoms with van der Waals surface area (Å²) in [6.07, 6.45) is 2.03. The molecule has 0 saturated heterocycles. The fraction of sp³-hybridized carbons (Fsp3) is 0.333. The first kappa shape index (κ1) is 19.0. The first-order valence-electron chi connectivity index (χ1n) is 8.45. The van der Waals surface area contributed by atoms with E-state index in [2.05, 4.69) is 15.0 Å². The molecule has 2 aromatic rings. The molecule has 1 amide bonds. The topological polar surface area (TPSA) is 107 Å². The molecular formula is C18H21N3O5S. The molecule has 1 aliphatic heterocycles. The van der Waals surface area contributed by atoms with E-state index in [0.29, 0.717) is 13.0 Å². The highest BCUT2D eigenvalue weighted by molar-refractivity contribution is 7.92. The predicted molar refractivity (Wildman–Crippen MR) is 99.8 cm³/mol. The van der Waals surface area contributed by atoms with Gasteiger partial charge in [0.15, 0.2) is 0 Å². The molecule has 2 heterocycles. The smallest absolute Gasteiger partial charge is 0.265 e. The van der Waals surface area contributed by atoms with E-state index in [0.717, 1.165) is 5.56 Å². The molecule has 1 aromatic heterocycles. The third kappa shape index (κ3) is 3.97. The minimum Gasteiger partial charge on any atom is -0.495 e. The summed E-state index contributed by atoms with van der Waals surface area (Å²) in [4.78, 5) is 16.5. The van der Waals surface area contributed by atoms with Crippen LogP contribution in [0.15, 0.2) is 35.4 Å². The Morgan fingerprint density at radius 1 is 1.37 bits per heavy atom. The zero-order chi connectivity index (χ0) is 19.6. The quantitative estimate of drug-likeness (QED) is 0.808. The van der Waals surface area contributed by atoms with Gasteiger partial charge < -0.3 is 14.8 Å². The van der Waals surface area contributed by atoms with Crippen molar-refractivity contribution in [3.8, 4) is 11.6 Å². The summed E-state index contributed by atoms with van der Waals surface area (Å²) >= 11 is 0. The van der Waals surface area contributed by atoms with Gasteiger partial charge in [-0.25, -0.2) is 13.4 Å². The molecule has 0 saturated carbocycles. The minimum absolute atomic E-state index is 0.00620. The fourth-order valence-corrected chi connectivity index (χ4v) is 3.98. The molecule has 0 fully saturated rings. The van der Waals surface area contributed by atoms with Crippen LogP contribution in [-0.2, 0) is 10.0 Å². The average molecular weight is 391 g/mol. The van der Waals surface area contributed by atoms with Gasteiger partial charge in [-0.05, 0) is 37.1 Å². The maximum absolute atomic E-state index is 12.8. The van der Waals surface area contributed by atoms with Gasteiger partial charge in [-0.3, -0.25) is 9.52 Å². The molecule has 0 unspecified atom stereocenters. The van der Waals surface area contributed by atoms with Crippen molar-refractivity contribution in [3.63, 3.8) is 0 Å². The van der Waals surface area contributed by atoms with Crippen molar-refractivity contribution in [3.05, 3.63) is 41.6 Å². The molecule has 1 aromatic carbocycles. The minimum atomic E-state index is -3.93. The van der Waals surface area contributed by atoms with Gasteiger partial charge in [0.05, 0.1) is 25.0 Å². The van der Waals surface area contributed by atoms with Gasteiger partial charge in [0.2, 0.25) is 5.88 Å². The lowest BCUT2D eigenvalue weighted by atomic mass is 10.2. The van der Waals surface area contributed by atoms with Crippen LogP contribution in [-0.4, -0.2) is 39.1 Å². The number of nitrogens with zero attached hydrogens (tertiary/aromatic N) is 1. The molecule has 2 N–H and O–H groups in total. The molecular weight excluding hydrogens is 370 g/mol. The summed E-state index contributed by atoms with van der Waals surface area (Å²) in [5.74, 6) is 0.0539. The molecule has 8 nitrogen and oxygen atoms in total. The second kappa shape index (κ2) is 7.43. The van der Waals surface area contributed by atoms with Crippen LogP contribution in [0.1, 0.15) is 29.3 Å². The summed E-state index contributed by atoms with van der Waals surface area (Å²) in [5.41, 5.74) is 1.11. The average Bonchev–Trinajstić information content (AvgIpc) is 2.80. The second-order valence-corrected chi connectivity index (χ2v) is 7.88.